The molecule has 2 heterocycles. The Bertz CT molecular complexity index is 543. The summed E-state index contributed by atoms with van der Waals surface area (Å²) in [6, 6.07) is 6.83. The van der Waals surface area contributed by atoms with Crippen molar-refractivity contribution in [1.82, 2.24) is 9.97 Å². The molecule has 2 aromatic heterocycles. The topological polar surface area (TPSA) is 61.3 Å². The van der Waals surface area contributed by atoms with Crippen LogP contribution in [0.5, 0.6) is 5.75 Å². The zero-order valence-corrected chi connectivity index (χ0v) is 10.6. The van der Waals surface area contributed by atoms with Gasteiger partial charge < -0.3 is 9.47 Å². The van der Waals surface area contributed by atoms with Crippen LogP contribution in [0.15, 0.2) is 42.9 Å². The van der Waals surface area contributed by atoms with Crippen LogP contribution in [0.1, 0.15) is 16.1 Å². The minimum absolute atomic E-state index is 0.190. The molecule has 0 unspecified atom stereocenters. The maximum absolute atomic E-state index is 11.6. The number of rotatable bonds is 5. The SMILES string of the molecule is Cc1ncccc1OCCOC(=O)c1ccncc1. The summed E-state index contributed by atoms with van der Waals surface area (Å²) in [5.74, 6) is 0.316. The van der Waals surface area contributed by atoms with E-state index in [-0.39, 0.29) is 12.6 Å². The van der Waals surface area contributed by atoms with Gasteiger partial charge in [0.05, 0.1) is 11.3 Å². The van der Waals surface area contributed by atoms with Crippen LogP contribution in [-0.4, -0.2) is 29.2 Å². The van der Waals surface area contributed by atoms with E-state index in [1.807, 2.05) is 13.0 Å². The number of aryl methyl sites for hydroxylation is 1. The second-order valence-corrected chi connectivity index (χ2v) is 3.81. The number of carbonyl (C=O) groups excluding carboxylic acids is 1. The minimum Gasteiger partial charge on any atom is -0.488 e. The molecule has 0 fully saturated rings. The van der Waals surface area contributed by atoms with E-state index in [0.29, 0.717) is 17.9 Å². The van der Waals surface area contributed by atoms with E-state index in [1.165, 1.54) is 0 Å². The molecule has 0 aliphatic rings. The highest BCUT2D eigenvalue weighted by Gasteiger charge is 2.06. The van der Waals surface area contributed by atoms with E-state index in [0.717, 1.165) is 5.69 Å². The zero-order chi connectivity index (χ0) is 13.5. The van der Waals surface area contributed by atoms with Crippen LogP contribution in [-0.2, 0) is 4.74 Å². The molecule has 98 valence electrons. The number of hydrogen-bond acceptors (Lipinski definition) is 5. The van der Waals surface area contributed by atoms with Gasteiger partial charge in [0.15, 0.2) is 0 Å². The lowest BCUT2D eigenvalue weighted by molar-refractivity contribution is 0.0450. The molecule has 2 aromatic rings. The highest BCUT2D eigenvalue weighted by Crippen LogP contribution is 2.13. The number of pyridine rings is 2. The maximum atomic E-state index is 11.6. The number of hydrogen-bond donors (Lipinski definition) is 0. The highest BCUT2D eigenvalue weighted by molar-refractivity contribution is 5.89. The van der Waals surface area contributed by atoms with Gasteiger partial charge in [0.1, 0.15) is 19.0 Å². The van der Waals surface area contributed by atoms with Crippen LogP contribution >= 0.6 is 0 Å². The Morgan fingerprint density at radius 3 is 2.68 bits per heavy atom. The molecule has 19 heavy (non-hydrogen) atoms. The Morgan fingerprint density at radius 1 is 1.16 bits per heavy atom. The summed E-state index contributed by atoms with van der Waals surface area (Å²) < 4.78 is 10.5. The van der Waals surface area contributed by atoms with Crippen molar-refractivity contribution in [2.75, 3.05) is 13.2 Å². The van der Waals surface area contributed by atoms with Gasteiger partial charge in [0, 0.05) is 18.6 Å². The fraction of sp³-hybridized carbons (Fsp3) is 0.214. The fourth-order valence-electron chi connectivity index (χ4n) is 1.48. The van der Waals surface area contributed by atoms with Crippen LogP contribution in [0.25, 0.3) is 0 Å². The molecule has 0 aliphatic carbocycles. The Kier molecular flexibility index (Phi) is 4.44. The Morgan fingerprint density at radius 2 is 1.95 bits per heavy atom. The maximum Gasteiger partial charge on any atom is 0.338 e. The van der Waals surface area contributed by atoms with E-state index < -0.39 is 0 Å². The minimum atomic E-state index is -0.381. The molecule has 0 atom stereocenters. The van der Waals surface area contributed by atoms with Gasteiger partial charge in [0.2, 0.25) is 0 Å². The van der Waals surface area contributed by atoms with E-state index >= 15 is 0 Å². The molecule has 0 saturated heterocycles. The van der Waals surface area contributed by atoms with E-state index in [1.54, 1.807) is 36.8 Å². The van der Waals surface area contributed by atoms with E-state index in [2.05, 4.69) is 9.97 Å². The van der Waals surface area contributed by atoms with Gasteiger partial charge in [-0.1, -0.05) is 0 Å². The van der Waals surface area contributed by atoms with Crippen molar-refractivity contribution in [3.63, 3.8) is 0 Å². The molecule has 5 heteroatoms. The third-order valence-electron chi connectivity index (χ3n) is 2.45. The predicted octanol–water partition coefficient (Wildman–Crippen LogP) is 2.02. The third kappa shape index (κ3) is 3.77. The smallest absolute Gasteiger partial charge is 0.338 e. The zero-order valence-electron chi connectivity index (χ0n) is 10.6. The number of ether oxygens (including phenoxy) is 2. The van der Waals surface area contributed by atoms with Crippen molar-refractivity contribution < 1.29 is 14.3 Å². The molecular weight excluding hydrogens is 244 g/mol. The van der Waals surface area contributed by atoms with Gasteiger partial charge in [-0.2, -0.15) is 0 Å². The van der Waals surface area contributed by atoms with Crippen LogP contribution in [0.4, 0.5) is 0 Å². The fourth-order valence-corrected chi connectivity index (χ4v) is 1.48. The summed E-state index contributed by atoms with van der Waals surface area (Å²) in [5.41, 5.74) is 1.29. The molecule has 0 radical (unpaired) electrons. The van der Waals surface area contributed by atoms with Crippen LogP contribution in [0.3, 0.4) is 0 Å². The van der Waals surface area contributed by atoms with Crippen LogP contribution < -0.4 is 4.74 Å². The molecule has 0 bridgehead atoms. The van der Waals surface area contributed by atoms with Gasteiger partial charge in [0.25, 0.3) is 0 Å². The predicted molar refractivity (Wildman–Crippen MR) is 69.0 cm³/mol. The van der Waals surface area contributed by atoms with Crippen molar-refractivity contribution in [3.05, 3.63) is 54.1 Å². The summed E-state index contributed by atoms with van der Waals surface area (Å²) in [6.07, 6.45) is 4.80. The lowest BCUT2D eigenvalue weighted by Gasteiger charge is -2.08. The lowest BCUT2D eigenvalue weighted by Crippen LogP contribution is -2.12. The number of esters is 1. The second-order valence-electron chi connectivity index (χ2n) is 3.81. The molecule has 2 rings (SSSR count). The number of carbonyl (C=O) groups is 1. The molecule has 0 aromatic carbocycles. The second kappa shape index (κ2) is 6.49. The van der Waals surface area contributed by atoms with Crippen LogP contribution in [0, 0.1) is 6.92 Å². The first-order chi connectivity index (χ1) is 9.27. The summed E-state index contributed by atoms with van der Waals surface area (Å²) in [7, 11) is 0. The average molecular weight is 258 g/mol. The standard InChI is InChI=1S/C14H14N2O3/c1-11-13(3-2-6-16-11)18-9-10-19-14(17)12-4-7-15-8-5-12/h2-8H,9-10H2,1H3. The first-order valence-electron chi connectivity index (χ1n) is 5.89. The number of aromatic nitrogens is 2. The van der Waals surface area contributed by atoms with Gasteiger partial charge >= 0.3 is 5.97 Å². The molecule has 0 amide bonds. The van der Waals surface area contributed by atoms with Crippen LogP contribution in [0.2, 0.25) is 0 Å². The Labute approximate surface area is 111 Å². The van der Waals surface area contributed by atoms with Crippen molar-refractivity contribution in [1.29, 1.82) is 0 Å². The van der Waals surface area contributed by atoms with Gasteiger partial charge in [-0.15, -0.1) is 0 Å². The summed E-state index contributed by atoms with van der Waals surface area (Å²) in [6.45, 7) is 2.34. The summed E-state index contributed by atoms with van der Waals surface area (Å²) in [5, 5.41) is 0. The first-order valence-corrected chi connectivity index (χ1v) is 5.89. The Balaban J connectivity index is 1.76. The van der Waals surface area contributed by atoms with E-state index in [9.17, 15) is 4.79 Å². The van der Waals surface area contributed by atoms with E-state index in [4.69, 9.17) is 9.47 Å². The van der Waals surface area contributed by atoms with Gasteiger partial charge in [-0.25, -0.2) is 4.79 Å². The molecule has 5 nitrogen and oxygen atoms in total. The molecule has 0 aliphatic heterocycles. The summed E-state index contributed by atoms with van der Waals surface area (Å²) in [4.78, 5) is 19.5. The molecular formula is C14H14N2O3. The molecule has 0 saturated carbocycles. The number of nitrogens with zero attached hydrogens (tertiary/aromatic N) is 2. The van der Waals surface area contributed by atoms with Gasteiger partial charge in [-0.3, -0.25) is 9.97 Å². The monoisotopic (exact) mass is 258 g/mol. The largest absolute Gasteiger partial charge is 0.488 e. The summed E-state index contributed by atoms with van der Waals surface area (Å²) >= 11 is 0. The van der Waals surface area contributed by atoms with Crippen molar-refractivity contribution in [2.24, 2.45) is 0 Å². The third-order valence-corrected chi connectivity index (χ3v) is 2.45. The quantitative estimate of drug-likeness (QED) is 0.606. The normalized spacial score (nSPS) is 9.95. The van der Waals surface area contributed by atoms with Crippen molar-refractivity contribution in [2.45, 2.75) is 6.92 Å². The molecule has 0 spiro atoms. The van der Waals surface area contributed by atoms with Crippen molar-refractivity contribution >= 4 is 5.97 Å². The highest BCUT2D eigenvalue weighted by atomic mass is 16.6. The van der Waals surface area contributed by atoms with Gasteiger partial charge in [-0.05, 0) is 31.2 Å². The average Bonchev–Trinajstić information content (AvgIpc) is 2.46. The Hall–Kier alpha value is -2.43. The first kappa shape index (κ1) is 13.0. The molecule has 0 N–H and O–H groups in total. The lowest BCUT2D eigenvalue weighted by atomic mass is 10.3. The van der Waals surface area contributed by atoms with Crippen molar-refractivity contribution in [3.8, 4) is 5.75 Å².